The van der Waals surface area contributed by atoms with Crippen LogP contribution < -0.4 is 4.74 Å². The second kappa shape index (κ2) is 13.5. The van der Waals surface area contributed by atoms with Crippen LogP contribution in [0, 0.1) is 24.7 Å². The summed E-state index contributed by atoms with van der Waals surface area (Å²) >= 11 is 0. The molecule has 2 unspecified atom stereocenters. The Labute approximate surface area is 216 Å². The highest BCUT2D eigenvalue weighted by Gasteiger charge is 2.42. The molecule has 202 valence electrons. The maximum Gasteiger partial charge on any atom is 0.293 e. The van der Waals surface area contributed by atoms with Crippen molar-refractivity contribution in [1.29, 1.82) is 0 Å². The Kier molecular flexibility index (Phi) is 10.7. The van der Waals surface area contributed by atoms with E-state index >= 15 is 0 Å². The standard InChI is InChI=1S/C20H29NO2.C5H8O2.C4H8FN/c1-15-13-19(4-3-16(15)7-11-22)23-12-8-18-14-20(18)17-5-9-21(2)10-6-17;1-5(2-3-5)7-4-6;1-6-2-4(5)3-6/h3-4,11,13,17-18,20H,5-10,12,14H2,1-2H3;4H,2-3H2,1H3;4H,2-3H2,1H3. The summed E-state index contributed by atoms with van der Waals surface area (Å²) in [6, 6.07) is 6.06. The van der Waals surface area contributed by atoms with Crippen LogP contribution in [0.5, 0.6) is 5.75 Å². The van der Waals surface area contributed by atoms with E-state index in [4.69, 9.17) is 4.74 Å². The number of nitrogens with zero attached hydrogens (tertiary/aromatic N) is 2. The van der Waals surface area contributed by atoms with E-state index in [0.29, 0.717) is 26.0 Å². The number of ether oxygens (including phenoxy) is 2. The zero-order valence-corrected chi connectivity index (χ0v) is 22.6. The van der Waals surface area contributed by atoms with Crippen molar-refractivity contribution >= 4 is 12.8 Å². The van der Waals surface area contributed by atoms with Crippen LogP contribution >= 0.6 is 0 Å². The summed E-state index contributed by atoms with van der Waals surface area (Å²) in [5, 5.41) is 0. The van der Waals surface area contributed by atoms with Crippen molar-refractivity contribution in [3.05, 3.63) is 29.3 Å². The number of alkyl halides is 1. The van der Waals surface area contributed by atoms with Crippen molar-refractivity contribution in [2.24, 2.45) is 17.8 Å². The molecule has 4 aliphatic rings. The first-order valence-corrected chi connectivity index (χ1v) is 13.5. The smallest absolute Gasteiger partial charge is 0.293 e. The Morgan fingerprint density at radius 1 is 1.11 bits per heavy atom. The summed E-state index contributed by atoms with van der Waals surface area (Å²) in [5.74, 6) is 3.75. The summed E-state index contributed by atoms with van der Waals surface area (Å²) < 4.78 is 22.3. The van der Waals surface area contributed by atoms with E-state index in [1.165, 1.54) is 38.8 Å². The summed E-state index contributed by atoms with van der Waals surface area (Å²) in [4.78, 5) is 24.6. The van der Waals surface area contributed by atoms with Crippen LogP contribution in [0.3, 0.4) is 0 Å². The fraction of sp³-hybridized carbons (Fsp3) is 0.724. The van der Waals surface area contributed by atoms with Gasteiger partial charge in [-0.05, 0) is 121 Å². The molecule has 36 heavy (non-hydrogen) atoms. The van der Waals surface area contributed by atoms with Crippen LogP contribution in [-0.2, 0) is 20.7 Å². The van der Waals surface area contributed by atoms with Gasteiger partial charge in [0.15, 0.2) is 0 Å². The second-order valence-electron chi connectivity index (χ2n) is 11.4. The van der Waals surface area contributed by atoms with Crippen molar-refractivity contribution in [2.75, 3.05) is 46.9 Å². The molecule has 2 heterocycles. The molecule has 0 bridgehead atoms. The van der Waals surface area contributed by atoms with Gasteiger partial charge in [-0.25, -0.2) is 4.39 Å². The molecule has 4 fully saturated rings. The third-order valence-corrected chi connectivity index (χ3v) is 8.03. The van der Waals surface area contributed by atoms with Crippen molar-refractivity contribution in [3.63, 3.8) is 0 Å². The quantitative estimate of drug-likeness (QED) is 0.463. The van der Waals surface area contributed by atoms with Gasteiger partial charge >= 0.3 is 0 Å². The summed E-state index contributed by atoms with van der Waals surface area (Å²) in [6.07, 6.45) is 8.35. The third kappa shape index (κ3) is 9.47. The van der Waals surface area contributed by atoms with Gasteiger partial charge in [0.25, 0.3) is 6.47 Å². The molecule has 0 N–H and O–H groups in total. The summed E-state index contributed by atoms with van der Waals surface area (Å²) in [7, 11) is 4.15. The van der Waals surface area contributed by atoms with Gasteiger partial charge in [0.1, 0.15) is 23.8 Å². The van der Waals surface area contributed by atoms with Crippen molar-refractivity contribution in [1.82, 2.24) is 9.80 Å². The van der Waals surface area contributed by atoms with Gasteiger partial charge in [0, 0.05) is 19.5 Å². The molecule has 5 rings (SSSR count). The minimum atomic E-state index is -0.532. The maximum absolute atomic E-state index is 11.7. The predicted octanol–water partition coefficient (Wildman–Crippen LogP) is 4.47. The van der Waals surface area contributed by atoms with E-state index in [1.54, 1.807) is 0 Å². The van der Waals surface area contributed by atoms with Crippen LogP contribution in [-0.4, -0.2) is 81.2 Å². The van der Waals surface area contributed by atoms with Gasteiger partial charge in [-0.1, -0.05) is 6.07 Å². The Hall–Kier alpha value is -1.99. The lowest BCUT2D eigenvalue weighted by Crippen LogP contribution is -2.45. The predicted molar refractivity (Wildman–Crippen MR) is 140 cm³/mol. The molecule has 2 atom stereocenters. The Balaban J connectivity index is 0.000000225. The highest BCUT2D eigenvalue weighted by Crippen LogP contribution is 2.49. The van der Waals surface area contributed by atoms with Crippen molar-refractivity contribution < 1.29 is 23.5 Å². The second-order valence-corrected chi connectivity index (χ2v) is 11.4. The average Bonchev–Trinajstić information content (AvgIpc) is 3.75. The molecule has 2 saturated carbocycles. The van der Waals surface area contributed by atoms with Gasteiger partial charge in [-0.15, -0.1) is 0 Å². The monoisotopic (exact) mass is 504 g/mol. The number of rotatable bonds is 9. The van der Waals surface area contributed by atoms with E-state index in [-0.39, 0.29) is 5.60 Å². The first-order chi connectivity index (χ1) is 17.2. The van der Waals surface area contributed by atoms with E-state index in [9.17, 15) is 14.0 Å². The summed E-state index contributed by atoms with van der Waals surface area (Å²) in [5.41, 5.74) is 2.17. The van der Waals surface area contributed by atoms with Gasteiger partial charge in [-0.3, -0.25) is 4.79 Å². The number of aryl methyl sites for hydroxylation is 1. The number of piperidine rings is 1. The SMILES string of the molecule is CC1(OC=O)CC1.CN1CC(F)C1.Cc1cc(OCCC2CC2C2CCN(C)CC2)ccc1CC=O. The average molecular weight is 505 g/mol. The Morgan fingerprint density at radius 3 is 2.28 bits per heavy atom. The fourth-order valence-corrected chi connectivity index (χ4v) is 5.08. The highest BCUT2D eigenvalue weighted by atomic mass is 19.1. The van der Waals surface area contributed by atoms with E-state index < -0.39 is 6.17 Å². The minimum absolute atomic E-state index is 0.0677. The van der Waals surface area contributed by atoms with Crippen molar-refractivity contribution in [2.45, 2.75) is 70.6 Å². The van der Waals surface area contributed by atoms with Gasteiger partial charge in [-0.2, -0.15) is 0 Å². The first-order valence-electron chi connectivity index (χ1n) is 13.5. The number of halogens is 1. The number of aldehydes is 1. The van der Waals surface area contributed by atoms with Crippen LogP contribution in [0.15, 0.2) is 18.2 Å². The van der Waals surface area contributed by atoms with Crippen LogP contribution in [0.4, 0.5) is 4.39 Å². The summed E-state index contributed by atoms with van der Waals surface area (Å²) in [6.45, 7) is 9.14. The molecule has 0 spiro atoms. The normalized spacial score (nSPS) is 25.2. The van der Waals surface area contributed by atoms with E-state index in [0.717, 1.165) is 60.4 Å². The number of likely N-dealkylation sites (tertiary alicyclic amines) is 2. The number of carbonyl (C=O) groups excluding carboxylic acids is 2. The van der Waals surface area contributed by atoms with E-state index in [2.05, 4.69) is 22.8 Å². The molecule has 0 aromatic heterocycles. The molecule has 2 saturated heterocycles. The lowest BCUT2D eigenvalue weighted by Gasteiger charge is -2.29. The van der Waals surface area contributed by atoms with Crippen LogP contribution in [0.2, 0.25) is 0 Å². The Bertz CT molecular complexity index is 827. The van der Waals surface area contributed by atoms with Crippen LogP contribution in [0.1, 0.15) is 56.6 Å². The molecule has 7 heteroatoms. The zero-order chi connectivity index (χ0) is 26.1. The number of carbonyl (C=O) groups is 2. The maximum atomic E-state index is 11.7. The Morgan fingerprint density at radius 2 is 1.81 bits per heavy atom. The van der Waals surface area contributed by atoms with E-state index in [1.807, 2.05) is 37.9 Å². The lowest BCUT2D eigenvalue weighted by molar-refractivity contribution is -0.134. The first kappa shape index (κ1) is 28.6. The molecule has 2 aliphatic carbocycles. The molecule has 6 nitrogen and oxygen atoms in total. The number of hydrogen-bond donors (Lipinski definition) is 0. The lowest BCUT2D eigenvalue weighted by atomic mass is 9.91. The highest BCUT2D eigenvalue weighted by molar-refractivity contribution is 5.56. The molecular weight excluding hydrogens is 459 g/mol. The molecule has 2 aliphatic heterocycles. The molecule has 0 amide bonds. The topological polar surface area (TPSA) is 59.1 Å². The zero-order valence-electron chi connectivity index (χ0n) is 22.6. The molecular formula is C29H45FN2O4. The minimum Gasteiger partial charge on any atom is -0.494 e. The number of benzene rings is 1. The van der Waals surface area contributed by atoms with Gasteiger partial charge in [0.05, 0.1) is 6.61 Å². The molecule has 0 radical (unpaired) electrons. The largest absolute Gasteiger partial charge is 0.494 e. The molecule has 1 aromatic rings. The molecule has 1 aromatic carbocycles. The third-order valence-electron chi connectivity index (χ3n) is 8.03. The number of hydrogen-bond acceptors (Lipinski definition) is 6. The van der Waals surface area contributed by atoms with Gasteiger partial charge in [0.2, 0.25) is 0 Å². The van der Waals surface area contributed by atoms with Crippen LogP contribution in [0.25, 0.3) is 0 Å². The van der Waals surface area contributed by atoms with Crippen molar-refractivity contribution in [3.8, 4) is 5.75 Å². The van der Waals surface area contributed by atoms with Gasteiger partial charge < -0.3 is 24.1 Å². The fourth-order valence-electron chi connectivity index (χ4n) is 5.08.